The normalized spacial score (nSPS) is 12.4. The monoisotopic (exact) mass is 175 g/mol. The molecule has 0 fully saturated rings. The van der Waals surface area contributed by atoms with E-state index in [1.54, 1.807) is 0 Å². The Kier molecular flexibility index (Phi) is 4.27. The average molecular weight is 175 g/mol. The first-order valence-corrected chi connectivity index (χ1v) is 4.77. The molecule has 1 aromatic carbocycles. The molecule has 13 heavy (non-hydrogen) atoms. The van der Waals surface area contributed by atoms with Crippen LogP contribution in [-0.2, 0) is 0 Å². The minimum absolute atomic E-state index is 0.458. The molecule has 1 rings (SSSR count). The number of benzene rings is 1. The summed E-state index contributed by atoms with van der Waals surface area (Å²) in [6, 6.07) is 11.0. The van der Waals surface area contributed by atoms with E-state index in [1.807, 2.05) is 12.1 Å². The molecule has 0 amide bonds. The van der Waals surface area contributed by atoms with Crippen molar-refractivity contribution in [3.63, 3.8) is 0 Å². The van der Waals surface area contributed by atoms with Crippen LogP contribution in [-0.4, -0.2) is 6.54 Å². The van der Waals surface area contributed by atoms with Gasteiger partial charge in [-0.15, -0.1) is 6.58 Å². The summed E-state index contributed by atoms with van der Waals surface area (Å²) in [7, 11) is 0. The van der Waals surface area contributed by atoms with E-state index < -0.39 is 0 Å². The van der Waals surface area contributed by atoms with Crippen LogP contribution in [0.4, 0.5) is 0 Å². The first-order valence-electron chi connectivity index (χ1n) is 4.77. The Morgan fingerprint density at radius 3 is 2.62 bits per heavy atom. The lowest BCUT2D eigenvalue weighted by Crippen LogP contribution is -2.20. The topological polar surface area (TPSA) is 12.0 Å². The van der Waals surface area contributed by atoms with Crippen molar-refractivity contribution in [2.45, 2.75) is 19.4 Å². The van der Waals surface area contributed by atoms with Gasteiger partial charge in [-0.3, -0.25) is 0 Å². The third-order valence-electron chi connectivity index (χ3n) is 2.12. The van der Waals surface area contributed by atoms with Gasteiger partial charge in [-0.2, -0.15) is 0 Å². The molecule has 0 aliphatic heterocycles. The first kappa shape index (κ1) is 10.0. The Labute approximate surface area is 80.5 Å². The number of nitrogens with one attached hydrogen (secondary N) is 1. The highest BCUT2D eigenvalue weighted by molar-refractivity contribution is 5.18. The Balaban J connectivity index is 2.61. The fourth-order valence-corrected chi connectivity index (χ4v) is 1.41. The predicted molar refractivity (Wildman–Crippen MR) is 57.7 cm³/mol. The fourth-order valence-electron chi connectivity index (χ4n) is 1.41. The Morgan fingerprint density at radius 1 is 1.38 bits per heavy atom. The zero-order chi connectivity index (χ0) is 9.52. The van der Waals surface area contributed by atoms with Crippen LogP contribution < -0.4 is 5.32 Å². The van der Waals surface area contributed by atoms with E-state index in [0.717, 1.165) is 13.0 Å². The lowest BCUT2D eigenvalue weighted by molar-refractivity contribution is 0.551. The molecule has 1 heteroatoms. The standard InChI is InChI=1S/C12H17N/c1-3-10-13-12(4-2)11-8-6-5-7-9-11/h3,5-9,12-13H,1,4,10H2,2H3/t12-/m0/s1. The Hall–Kier alpha value is -1.08. The van der Waals surface area contributed by atoms with Gasteiger partial charge < -0.3 is 5.32 Å². The second-order valence-electron chi connectivity index (χ2n) is 3.07. The molecule has 1 nitrogen and oxygen atoms in total. The van der Waals surface area contributed by atoms with Gasteiger partial charge in [0.25, 0.3) is 0 Å². The Morgan fingerprint density at radius 2 is 2.08 bits per heavy atom. The number of hydrogen-bond acceptors (Lipinski definition) is 1. The second-order valence-corrected chi connectivity index (χ2v) is 3.07. The quantitative estimate of drug-likeness (QED) is 0.678. The Bertz CT molecular complexity index is 241. The van der Waals surface area contributed by atoms with E-state index in [1.165, 1.54) is 5.56 Å². The molecule has 1 aromatic rings. The molecule has 0 unspecified atom stereocenters. The molecule has 1 N–H and O–H groups in total. The maximum absolute atomic E-state index is 3.70. The molecule has 0 aromatic heterocycles. The number of hydrogen-bond donors (Lipinski definition) is 1. The average Bonchev–Trinajstić information content (AvgIpc) is 2.21. The van der Waals surface area contributed by atoms with Crippen molar-refractivity contribution in [2.24, 2.45) is 0 Å². The van der Waals surface area contributed by atoms with Crippen molar-refractivity contribution < 1.29 is 0 Å². The molecule has 0 heterocycles. The van der Waals surface area contributed by atoms with Gasteiger partial charge in [-0.1, -0.05) is 43.3 Å². The highest BCUT2D eigenvalue weighted by Crippen LogP contribution is 2.15. The highest BCUT2D eigenvalue weighted by atomic mass is 14.9. The largest absolute Gasteiger partial charge is 0.306 e. The van der Waals surface area contributed by atoms with Gasteiger partial charge in [0.15, 0.2) is 0 Å². The summed E-state index contributed by atoms with van der Waals surface area (Å²) in [6.45, 7) is 6.75. The molecule has 0 aliphatic rings. The molecule has 0 saturated heterocycles. The van der Waals surface area contributed by atoms with Crippen LogP contribution in [0.15, 0.2) is 43.0 Å². The van der Waals surface area contributed by atoms with Crippen molar-refractivity contribution in [1.82, 2.24) is 5.32 Å². The van der Waals surface area contributed by atoms with Gasteiger partial charge in [-0.05, 0) is 12.0 Å². The number of rotatable bonds is 5. The van der Waals surface area contributed by atoms with Crippen molar-refractivity contribution in [1.29, 1.82) is 0 Å². The fraction of sp³-hybridized carbons (Fsp3) is 0.333. The minimum atomic E-state index is 0.458. The molecule has 0 spiro atoms. The molecule has 0 saturated carbocycles. The van der Waals surface area contributed by atoms with E-state index in [4.69, 9.17) is 0 Å². The minimum Gasteiger partial charge on any atom is -0.306 e. The summed E-state index contributed by atoms with van der Waals surface area (Å²) >= 11 is 0. The van der Waals surface area contributed by atoms with E-state index >= 15 is 0 Å². The van der Waals surface area contributed by atoms with E-state index in [0.29, 0.717) is 6.04 Å². The SMILES string of the molecule is C=CCN[C@@H](CC)c1ccccc1. The van der Waals surface area contributed by atoms with Crippen LogP contribution in [0.3, 0.4) is 0 Å². The first-order chi connectivity index (χ1) is 6.38. The lowest BCUT2D eigenvalue weighted by atomic mass is 10.1. The zero-order valence-electron chi connectivity index (χ0n) is 8.16. The van der Waals surface area contributed by atoms with Crippen molar-refractivity contribution >= 4 is 0 Å². The zero-order valence-corrected chi connectivity index (χ0v) is 8.16. The van der Waals surface area contributed by atoms with Gasteiger partial charge in [0, 0.05) is 12.6 Å². The van der Waals surface area contributed by atoms with E-state index in [9.17, 15) is 0 Å². The second kappa shape index (κ2) is 5.55. The van der Waals surface area contributed by atoms with Gasteiger partial charge in [0.2, 0.25) is 0 Å². The third-order valence-corrected chi connectivity index (χ3v) is 2.12. The maximum atomic E-state index is 3.70. The molecule has 1 atom stereocenters. The predicted octanol–water partition coefficient (Wildman–Crippen LogP) is 2.91. The van der Waals surface area contributed by atoms with Gasteiger partial charge in [-0.25, -0.2) is 0 Å². The van der Waals surface area contributed by atoms with Crippen molar-refractivity contribution in [2.75, 3.05) is 6.54 Å². The lowest BCUT2D eigenvalue weighted by Gasteiger charge is -2.15. The molecule has 70 valence electrons. The van der Waals surface area contributed by atoms with Crippen LogP contribution in [0.2, 0.25) is 0 Å². The van der Waals surface area contributed by atoms with Crippen LogP contribution in [0.25, 0.3) is 0 Å². The summed E-state index contributed by atoms with van der Waals surface area (Å²) in [5, 5.41) is 3.42. The van der Waals surface area contributed by atoms with Gasteiger partial charge in [0.05, 0.1) is 0 Å². The van der Waals surface area contributed by atoms with Crippen LogP contribution in [0, 0.1) is 0 Å². The van der Waals surface area contributed by atoms with Crippen molar-refractivity contribution in [3.8, 4) is 0 Å². The van der Waals surface area contributed by atoms with E-state index in [2.05, 4.69) is 43.1 Å². The molecule has 0 bridgehead atoms. The highest BCUT2D eigenvalue weighted by Gasteiger charge is 2.05. The smallest absolute Gasteiger partial charge is 0.0320 e. The van der Waals surface area contributed by atoms with Crippen LogP contribution in [0.1, 0.15) is 24.9 Å². The van der Waals surface area contributed by atoms with Crippen molar-refractivity contribution in [3.05, 3.63) is 48.6 Å². The van der Waals surface area contributed by atoms with Crippen LogP contribution >= 0.6 is 0 Å². The molecular formula is C12H17N. The summed E-state index contributed by atoms with van der Waals surface area (Å²) in [4.78, 5) is 0. The van der Waals surface area contributed by atoms with E-state index in [-0.39, 0.29) is 0 Å². The molecular weight excluding hydrogens is 158 g/mol. The van der Waals surface area contributed by atoms with Gasteiger partial charge >= 0.3 is 0 Å². The third kappa shape index (κ3) is 3.03. The molecule has 0 aliphatic carbocycles. The summed E-state index contributed by atoms with van der Waals surface area (Å²) in [5.74, 6) is 0. The van der Waals surface area contributed by atoms with Gasteiger partial charge in [0.1, 0.15) is 0 Å². The van der Waals surface area contributed by atoms with Crippen LogP contribution in [0.5, 0.6) is 0 Å². The summed E-state index contributed by atoms with van der Waals surface area (Å²) in [5.41, 5.74) is 1.35. The maximum Gasteiger partial charge on any atom is 0.0320 e. The summed E-state index contributed by atoms with van der Waals surface area (Å²) in [6.07, 6.45) is 3.00. The molecule has 0 radical (unpaired) electrons. The summed E-state index contributed by atoms with van der Waals surface area (Å²) < 4.78 is 0.